The van der Waals surface area contributed by atoms with Crippen molar-refractivity contribution in [3.05, 3.63) is 63.9 Å². The molecule has 0 saturated carbocycles. The summed E-state index contributed by atoms with van der Waals surface area (Å²) >= 11 is 12.3. The molecule has 2 aromatic carbocycles. The average Bonchev–Trinajstić information content (AvgIpc) is 3.03. The molecule has 0 radical (unpaired) electrons. The van der Waals surface area contributed by atoms with E-state index in [2.05, 4.69) is 27.7 Å². The van der Waals surface area contributed by atoms with Crippen LogP contribution >= 0.6 is 23.2 Å². The van der Waals surface area contributed by atoms with Crippen LogP contribution in [0.2, 0.25) is 10.0 Å². The Balaban J connectivity index is 1.54. The van der Waals surface area contributed by atoms with Gasteiger partial charge in [-0.3, -0.25) is 4.90 Å². The van der Waals surface area contributed by atoms with E-state index in [0.29, 0.717) is 10.0 Å². The molecule has 1 aliphatic rings. The fourth-order valence-electron chi connectivity index (χ4n) is 3.60. The highest BCUT2D eigenvalue weighted by atomic mass is 35.5. The Bertz CT molecular complexity index is 919. The van der Waals surface area contributed by atoms with E-state index in [0.717, 1.165) is 74.7 Å². The van der Waals surface area contributed by atoms with E-state index in [4.69, 9.17) is 32.9 Å². The molecule has 0 amide bonds. The van der Waals surface area contributed by atoms with Crippen molar-refractivity contribution < 1.29 is 4.74 Å². The van der Waals surface area contributed by atoms with Gasteiger partial charge in [-0.05, 0) is 42.8 Å². The van der Waals surface area contributed by atoms with Crippen LogP contribution in [0.1, 0.15) is 17.8 Å². The Labute approximate surface area is 169 Å². The van der Waals surface area contributed by atoms with E-state index < -0.39 is 0 Å². The minimum absolute atomic E-state index is 0.585. The Morgan fingerprint density at radius 1 is 1.00 bits per heavy atom. The molecule has 1 aromatic heterocycles. The maximum absolute atomic E-state index is 6.21. The molecule has 1 fully saturated rings. The predicted octanol–water partition coefficient (Wildman–Crippen LogP) is 4.66. The van der Waals surface area contributed by atoms with Crippen LogP contribution in [0.3, 0.4) is 0 Å². The fraction of sp³-hybridized carbons (Fsp3) is 0.381. The number of nitrogens with zero attached hydrogens (tertiary/aromatic N) is 3. The highest BCUT2D eigenvalue weighted by Crippen LogP contribution is 2.25. The number of morpholine rings is 1. The average molecular weight is 404 g/mol. The predicted molar refractivity (Wildman–Crippen MR) is 111 cm³/mol. The third kappa shape index (κ3) is 4.46. The first-order valence-corrected chi connectivity index (χ1v) is 10.1. The molecule has 4 nitrogen and oxygen atoms in total. The Morgan fingerprint density at radius 2 is 1.81 bits per heavy atom. The maximum Gasteiger partial charge on any atom is 0.110 e. The van der Waals surface area contributed by atoms with Gasteiger partial charge in [-0.2, -0.15) is 0 Å². The van der Waals surface area contributed by atoms with Crippen molar-refractivity contribution in [2.45, 2.75) is 19.4 Å². The first kappa shape index (κ1) is 18.8. The summed E-state index contributed by atoms with van der Waals surface area (Å²) in [6.07, 6.45) is 2.04. The summed E-state index contributed by atoms with van der Waals surface area (Å²) < 4.78 is 7.73. The molecule has 27 heavy (non-hydrogen) atoms. The molecule has 0 N–H and O–H groups in total. The summed E-state index contributed by atoms with van der Waals surface area (Å²) in [5.41, 5.74) is 3.32. The second-order valence-electron chi connectivity index (χ2n) is 6.91. The SMILES string of the molecule is Clc1ccc(Cn2c(CCCN3CCOCC3)nc3ccccc32)cc1Cl. The van der Waals surface area contributed by atoms with Crippen LogP contribution in [0, 0.1) is 0 Å². The van der Waals surface area contributed by atoms with E-state index in [1.54, 1.807) is 0 Å². The van der Waals surface area contributed by atoms with Gasteiger partial charge < -0.3 is 9.30 Å². The molecule has 142 valence electrons. The number of fused-ring (bicyclic) bond motifs is 1. The molecule has 0 aliphatic carbocycles. The van der Waals surface area contributed by atoms with Crippen molar-refractivity contribution in [1.82, 2.24) is 14.5 Å². The van der Waals surface area contributed by atoms with Gasteiger partial charge in [-0.25, -0.2) is 4.98 Å². The lowest BCUT2D eigenvalue weighted by atomic mass is 10.2. The van der Waals surface area contributed by atoms with Gasteiger partial charge in [0.2, 0.25) is 0 Å². The summed E-state index contributed by atoms with van der Waals surface area (Å²) in [7, 11) is 0. The van der Waals surface area contributed by atoms with Crippen molar-refractivity contribution >= 4 is 34.2 Å². The van der Waals surface area contributed by atoms with Crippen molar-refractivity contribution in [3.8, 4) is 0 Å². The van der Waals surface area contributed by atoms with Crippen LogP contribution in [0.25, 0.3) is 11.0 Å². The summed E-state index contributed by atoms with van der Waals surface area (Å²) in [5.74, 6) is 1.12. The summed E-state index contributed by atoms with van der Waals surface area (Å²) in [6, 6.07) is 14.1. The van der Waals surface area contributed by atoms with Crippen LogP contribution in [0.15, 0.2) is 42.5 Å². The van der Waals surface area contributed by atoms with Gasteiger partial charge in [0.05, 0.1) is 34.3 Å². The van der Waals surface area contributed by atoms with E-state index in [1.165, 1.54) is 0 Å². The maximum atomic E-state index is 6.21. The number of aryl methyl sites for hydroxylation is 1. The Hall–Kier alpha value is -1.59. The molecule has 0 bridgehead atoms. The molecule has 0 unspecified atom stereocenters. The summed E-state index contributed by atoms with van der Waals surface area (Å²) in [5, 5.41) is 1.18. The summed E-state index contributed by atoms with van der Waals surface area (Å²) in [6.45, 7) is 5.56. The molecule has 0 spiro atoms. The van der Waals surface area contributed by atoms with Gasteiger partial charge >= 0.3 is 0 Å². The van der Waals surface area contributed by atoms with Gasteiger partial charge in [0, 0.05) is 26.1 Å². The van der Waals surface area contributed by atoms with Crippen molar-refractivity contribution in [3.63, 3.8) is 0 Å². The largest absolute Gasteiger partial charge is 0.379 e. The van der Waals surface area contributed by atoms with E-state index in [-0.39, 0.29) is 0 Å². The molecular weight excluding hydrogens is 381 g/mol. The lowest BCUT2D eigenvalue weighted by Crippen LogP contribution is -2.37. The number of halogens is 2. The first-order valence-electron chi connectivity index (χ1n) is 9.39. The van der Waals surface area contributed by atoms with Crippen LogP contribution < -0.4 is 0 Å². The number of imidazole rings is 1. The highest BCUT2D eigenvalue weighted by Gasteiger charge is 2.14. The van der Waals surface area contributed by atoms with E-state index in [9.17, 15) is 0 Å². The van der Waals surface area contributed by atoms with Crippen LogP contribution in [-0.2, 0) is 17.7 Å². The van der Waals surface area contributed by atoms with Crippen LogP contribution in [0.5, 0.6) is 0 Å². The molecule has 4 rings (SSSR count). The number of hydrogen-bond donors (Lipinski definition) is 0. The first-order chi connectivity index (χ1) is 13.2. The number of rotatable bonds is 6. The molecule has 2 heterocycles. The quantitative estimate of drug-likeness (QED) is 0.599. The molecular formula is C21H23Cl2N3O. The Kier molecular flexibility index (Phi) is 5.98. The minimum atomic E-state index is 0.585. The van der Waals surface area contributed by atoms with Gasteiger partial charge in [0.1, 0.15) is 5.82 Å². The molecule has 1 aliphatic heterocycles. The van der Waals surface area contributed by atoms with Crippen LogP contribution in [-0.4, -0.2) is 47.3 Å². The third-order valence-electron chi connectivity index (χ3n) is 5.04. The van der Waals surface area contributed by atoms with E-state index >= 15 is 0 Å². The molecule has 1 saturated heterocycles. The van der Waals surface area contributed by atoms with E-state index in [1.807, 2.05) is 24.3 Å². The van der Waals surface area contributed by atoms with Gasteiger partial charge in [0.15, 0.2) is 0 Å². The monoisotopic (exact) mass is 403 g/mol. The van der Waals surface area contributed by atoms with Crippen molar-refractivity contribution in [1.29, 1.82) is 0 Å². The zero-order chi connectivity index (χ0) is 18.6. The number of hydrogen-bond acceptors (Lipinski definition) is 3. The van der Waals surface area contributed by atoms with Gasteiger partial charge in [-0.1, -0.05) is 41.4 Å². The lowest BCUT2D eigenvalue weighted by Gasteiger charge is -2.26. The Morgan fingerprint density at radius 3 is 2.63 bits per heavy atom. The normalized spacial score (nSPS) is 15.5. The standard InChI is InChI=1S/C21H23Cl2N3O/c22-17-8-7-16(14-18(17)23)15-26-20-5-2-1-4-19(20)24-21(26)6-3-9-25-10-12-27-13-11-25/h1-2,4-5,7-8,14H,3,6,9-13,15H2. The smallest absolute Gasteiger partial charge is 0.110 e. The topological polar surface area (TPSA) is 30.3 Å². The second-order valence-corrected chi connectivity index (χ2v) is 7.72. The second kappa shape index (κ2) is 8.61. The van der Waals surface area contributed by atoms with Gasteiger partial charge in [0.25, 0.3) is 0 Å². The highest BCUT2D eigenvalue weighted by molar-refractivity contribution is 6.42. The van der Waals surface area contributed by atoms with Crippen molar-refractivity contribution in [2.75, 3.05) is 32.8 Å². The fourth-order valence-corrected chi connectivity index (χ4v) is 3.92. The number of aromatic nitrogens is 2. The van der Waals surface area contributed by atoms with Gasteiger partial charge in [-0.15, -0.1) is 0 Å². The zero-order valence-electron chi connectivity index (χ0n) is 15.2. The summed E-state index contributed by atoms with van der Waals surface area (Å²) in [4.78, 5) is 7.36. The number of para-hydroxylation sites is 2. The molecule has 6 heteroatoms. The third-order valence-corrected chi connectivity index (χ3v) is 5.78. The van der Waals surface area contributed by atoms with Crippen LogP contribution in [0.4, 0.5) is 0 Å². The van der Waals surface area contributed by atoms with Crippen molar-refractivity contribution in [2.24, 2.45) is 0 Å². The minimum Gasteiger partial charge on any atom is -0.379 e. The lowest BCUT2D eigenvalue weighted by molar-refractivity contribution is 0.0374. The molecule has 3 aromatic rings. The number of ether oxygens (including phenoxy) is 1. The molecule has 0 atom stereocenters. The zero-order valence-corrected chi connectivity index (χ0v) is 16.7. The number of benzene rings is 2.